The van der Waals surface area contributed by atoms with Crippen LogP contribution >= 0.6 is 23.4 Å². The number of fused-ring (bicyclic) bond motifs is 3. The highest BCUT2D eigenvalue weighted by Gasteiger charge is 2.35. The lowest BCUT2D eigenvalue weighted by Gasteiger charge is -2.33. The summed E-state index contributed by atoms with van der Waals surface area (Å²) in [7, 11) is 0. The van der Waals surface area contributed by atoms with E-state index in [-0.39, 0.29) is 5.78 Å². The van der Waals surface area contributed by atoms with E-state index in [0.717, 1.165) is 63.2 Å². The van der Waals surface area contributed by atoms with Crippen molar-refractivity contribution in [3.8, 4) is 0 Å². The SMILES string of the molecule is CCN(CC)C(C)(C)C(=O)O/N=C(\CCSc1ccc(Cl)cc1)c1ccc2c(c1)c1cc(C(=O)c3ccccc3C)ccc1n2CC. The van der Waals surface area contributed by atoms with Crippen LogP contribution in [0.25, 0.3) is 21.8 Å². The van der Waals surface area contributed by atoms with Crippen LogP contribution in [0.5, 0.6) is 0 Å². The molecular weight excluding hydrogens is 626 g/mol. The monoisotopic (exact) mass is 667 g/mol. The van der Waals surface area contributed by atoms with Gasteiger partial charge in [0.25, 0.3) is 0 Å². The number of hydrogen-bond donors (Lipinski definition) is 0. The molecule has 0 aliphatic heterocycles. The minimum Gasteiger partial charge on any atom is -0.341 e. The summed E-state index contributed by atoms with van der Waals surface area (Å²) in [4.78, 5) is 35.8. The molecule has 1 aromatic heterocycles. The molecule has 1 heterocycles. The molecule has 0 bridgehead atoms. The Balaban J connectivity index is 1.55. The molecule has 0 aliphatic rings. The van der Waals surface area contributed by atoms with Gasteiger partial charge in [0, 0.05) is 67.1 Å². The fourth-order valence-electron chi connectivity index (χ4n) is 6.14. The molecule has 0 unspecified atom stereocenters. The Morgan fingerprint density at radius 1 is 0.872 bits per heavy atom. The fourth-order valence-corrected chi connectivity index (χ4v) is 7.12. The first-order valence-electron chi connectivity index (χ1n) is 16.2. The molecule has 8 heteroatoms. The van der Waals surface area contributed by atoms with Gasteiger partial charge in [0.05, 0.1) is 5.71 Å². The molecule has 0 saturated carbocycles. The first kappa shape index (κ1) is 34.4. The molecule has 4 aromatic carbocycles. The number of halogens is 1. The zero-order valence-electron chi connectivity index (χ0n) is 28.0. The number of ketones is 1. The van der Waals surface area contributed by atoms with Crippen molar-refractivity contribution in [3.63, 3.8) is 0 Å². The van der Waals surface area contributed by atoms with Crippen LogP contribution in [0.1, 0.15) is 68.1 Å². The molecule has 0 atom stereocenters. The van der Waals surface area contributed by atoms with Gasteiger partial charge in [0.2, 0.25) is 0 Å². The summed E-state index contributed by atoms with van der Waals surface area (Å²) in [5, 5.41) is 7.23. The van der Waals surface area contributed by atoms with Crippen molar-refractivity contribution in [2.45, 2.75) is 64.9 Å². The molecule has 0 radical (unpaired) electrons. The molecule has 0 N–H and O–H groups in total. The summed E-state index contributed by atoms with van der Waals surface area (Å²) in [5.74, 6) is 0.330. The van der Waals surface area contributed by atoms with Gasteiger partial charge in [-0.05, 0) is 101 Å². The molecule has 5 aromatic rings. The van der Waals surface area contributed by atoms with E-state index in [0.29, 0.717) is 28.3 Å². The Labute approximate surface area is 286 Å². The molecule has 0 aliphatic carbocycles. The highest BCUT2D eigenvalue weighted by molar-refractivity contribution is 7.99. The van der Waals surface area contributed by atoms with Gasteiger partial charge < -0.3 is 9.40 Å². The summed E-state index contributed by atoms with van der Waals surface area (Å²) in [5.41, 5.74) is 5.16. The maximum Gasteiger partial charge on any atom is 0.354 e. The predicted octanol–water partition coefficient (Wildman–Crippen LogP) is 9.56. The van der Waals surface area contributed by atoms with Crippen molar-refractivity contribution in [2.75, 3.05) is 18.8 Å². The van der Waals surface area contributed by atoms with Crippen LogP contribution in [0.3, 0.4) is 0 Å². The maximum absolute atomic E-state index is 13.6. The fraction of sp³-hybridized carbons (Fsp3) is 0.308. The van der Waals surface area contributed by atoms with Crippen LogP contribution in [0.2, 0.25) is 5.02 Å². The number of aromatic nitrogens is 1. The average Bonchev–Trinajstić information content (AvgIpc) is 3.39. The van der Waals surface area contributed by atoms with Crippen LogP contribution in [-0.4, -0.2) is 51.3 Å². The number of carbonyl (C=O) groups excluding carboxylic acids is 2. The van der Waals surface area contributed by atoms with Gasteiger partial charge in [-0.3, -0.25) is 9.69 Å². The lowest BCUT2D eigenvalue weighted by molar-refractivity contribution is -0.156. The molecule has 0 spiro atoms. The number of benzene rings is 4. The van der Waals surface area contributed by atoms with Gasteiger partial charge in [-0.15, -0.1) is 11.8 Å². The van der Waals surface area contributed by atoms with Crippen molar-refractivity contribution < 1.29 is 14.4 Å². The summed E-state index contributed by atoms with van der Waals surface area (Å²) in [6.45, 7) is 14.1. The van der Waals surface area contributed by atoms with Crippen molar-refractivity contribution in [1.29, 1.82) is 0 Å². The molecule has 47 heavy (non-hydrogen) atoms. The summed E-state index contributed by atoms with van der Waals surface area (Å²) in [6, 6.07) is 27.7. The Morgan fingerprint density at radius 3 is 2.11 bits per heavy atom. The number of hydrogen-bond acceptors (Lipinski definition) is 6. The Kier molecular flexibility index (Phi) is 10.9. The number of carbonyl (C=O) groups is 2. The van der Waals surface area contributed by atoms with E-state index in [1.54, 1.807) is 11.8 Å². The zero-order valence-corrected chi connectivity index (χ0v) is 29.5. The Bertz CT molecular complexity index is 1940. The standard InChI is InChI=1S/C39H42ClN3O3S/c1-7-42(8-2)39(5,6)38(45)46-41-34(22-23-47-30-18-16-29(40)17-19-30)27-14-20-35-32(24-27)33-25-28(15-21-36(33)43(35)9-3)37(44)31-13-11-10-12-26(31)4/h10-21,24-25H,7-9,22-23H2,1-6H3/b41-34+. The lowest BCUT2D eigenvalue weighted by Crippen LogP contribution is -2.50. The van der Waals surface area contributed by atoms with Gasteiger partial charge >= 0.3 is 5.97 Å². The molecule has 5 rings (SSSR count). The van der Waals surface area contributed by atoms with Gasteiger partial charge in [0.15, 0.2) is 5.78 Å². The second-order valence-corrected chi connectivity index (χ2v) is 13.7. The molecule has 244 valence electrons. The van der Waals surface area contributed by atoms with E-state index in [1.807, 2.05) is 107 Å². The lowest BCUT2D eigenvalue weighted by atomic mass is 9.97. The van der Waals surface area contributed by atoms with E-state index >= 15 is 0 Å². The van der Waals surface area contributed by atoms with Crippen molar-refractivity contribution in [2.24, 2.45) is 5.16 Å². The molecule has 0 amide bonds. The van der Waals surface area contributed by atoms with E-state index in [1.165, 1.54) is 0 Å². The average molecular weight is 668 g/mol. The van der Waals surface area contributed by atoms with Crippen molar-refractivity contribution >= 4 is 62.6 Å². The van der Waals surface area contributed by atoms with Crippen LogP contribution in [0.4, 0.5) is 0 Å². The number of aryl methyl sites for hydroxylation is 2. The second kappa shape index (κ2) is 14.9. The molecule has 6 nitrogen and oxygen atoms in total. The summed E-state index contributed by atoms with van der Waals surface area (Å²) in [6.07, 6.45) is 0.571. The first-order valence-corrected chi connectivity index (χ1v) is 17.5. The highest BCUT2D eigenvalue weighted by atomic mass is 35.5. The zero-order chi connectivity index (χ0) is 33.7. The van der Waals surface area contributed by atoms with E-state index in [4.69, 9.17) is 16.4 Å². The maximum atomic E-state index is 13.6. The molecule has 0 saturated heterocycles. The van der Waals surface area contributed by atoms with Crippen molar-refractivity contribution in [3.05, 3.63) is 112 Å². The summed E-state index contributed by atoms with van der Waals surface area (Å²) < 4.78 is 2.26. The minimum absolute atomic E-state index is 0.00255. The largest absolute Gasteiger partial charge is 0.354 e. The minimum atomic E-state index is -0.825. The molecular formula is C39H42ClN3O3S. The number of nitrogens with zero attached hydrogens (tertiary/aromatic N) is 3. The van der Waals surface area contributed by atoms with E-state index in [9.17, 15) is 9.59 Å². The second-order valence-electron chi connectivity index (χ2n) is 12.1. The van der Waals surface area contributed by atoms with Crippen LogP contribution < -0.4 is 0 Å². The first-order chi connectivity index (χ1) is 22.6. The van der Waals surface area contributed by atoms with E-state index in [2.05, 4.69) is 33.7 Å². The highest BCUT2D eigenvalue weighted by Crippen LogP contribution is 2.32. The number of likely N-dealkylation sites (N-methyl/N-ethyl adjacent to an activating group) is 1. The number of thioether (sulfide) groups is 1. The van der Waals surface area contributed by atoms with Gasteiger partial charge in [-0.1, -0.05) is 60.9 Å². The quantitative estimate of drug-likeness (QED) is 0.0411. The van der Waals surface area contributed by atoms with E-state index < -0.39 is 11.5 Å². The predicted molar refractivity (Wildman–Crippen MR) is 196 cm³/mol. The third kappa shape index (κ3) is 7.33. The number of rotatable bonds is 13. The smallest absolute Gasteiger partial charge is 0.341 e. The van der Waals surface area contributed by atoms with Gasteiger partial charge in [0.1, 0.15) is 5.54 Å². The third-order valence-electron chi connectivity index (χ3n) is 8.88. The number of oxime groups is 1. The molecule has 0 fully saturated rings. The summed E-state index contributed by atoms with van der Waals surface area (Å²) >= 11 is 7.79. The van der Waals surface area contributed by atoms with Gasteiger partial charge in [-0.2, -0.15) is 0 Å². The third-order valence-corrected chi connectivity index (χ3v) is 10.1. The Morgan fingerprint density at radius 2 is 1.49 bits per heavy atom. The van der Waals surface area contributed by atoms with Crippen LogP contribution in [0, 0.1) is 6.92 Å². The van der Waals surface area contributed by atoms with Gasteiger partial charge in [-0.25, -0.2) is 4.79 Å². The Hall–Kier alpha value is -3.91. The van der Waals surface area contributed by atoms with Crippen LogP contribution in [0.15, 0.2) is 95.0 Å². The van der Waals surface area contributed by atoms with Crippen LogP contribution in [-0.2, 0) is 16.2 Å². The normalized spacial score (nSPS) is 12.3. The topological polar surface area (TPSA) is 63.9 Å². The van der Waals surface area contributed by atoms with Crippen molar-refractivity contribution in [1.82, 2.24) is 9.47 Å².